The lowest BCUT2D eigenvalue weighted by atomic mass is 9.99. The van der Waals surface area contributed by atoms with Gasteiger partial charge >= 0.3 is 5.97 Å². The summed E-state index contributed by atoms with van der Waals surface area (Å²) < 4.78 is 26.5. The van der Waals surface area contributed by atoms with E-state index in [1.807, 2.05) is 0 Å². The topological polar surface area (TPSA) is 107 Å². The van der Waals surface area contributed by atoms with Crippen molar-refractivity contribution in [2.24, 2.45) is 5.92 Å². The van der Waals surface area contributed by atoms with Crippen molar-refractivity contribution in [2.75, 3.05) is 33.7 Å². The lowest BCUT2D eigenvalue weighted by Crippen LogP contribution is -2.48. The molecule has 1 aliphatic heterocycles. The maximum atomic E-state index is 12.1. The van der Waals surface area contributed by atoms with Crippen LogP contribution < -0.4 is 5.32 Å². The summed E-state index contributed by atoms with van der Waals surface area (Å²) in [5.41, 5.74) is 0. The average molecular weight is 293 g/mol. The summed E-state index contributed by atoms with van der Waals surface area (Å²) in [7, 11) is -0.944. The summed E-state index contributed by atoms with van der Waals surface area (Å²) in [4.78, 5) is 22.0. The quantitative estimate of drug-likeness (QED) is 0.655. The van der Waals surface area contributed by atoms with Gasteiger partial charge in [-0.2, -0.15) is 17.0 Å². The minimum atomic E-state index is -3.70. The zero-order valence-electron chi connectivity index (χ0n) is 11.0. The highest BCUT2D eigenvalue weighted by Gasteiger charge is 2.33. The highest BCUT2D eigenvalue weighted by Crippen LogP contribution is 2.20. The van der Waals surface area contributed by atoms with Gasteiger partial charge in [-0.1, -0.05) is 0 Å². The number of carboxylic acids is 1. The summed E-state index contributed by atoms with van der Waals surface area (Å²) in [6, 6.07) is 0. The number of carbonyl (C=O) groups excluding carboxylic acids is 1. The van der Waals surface area contributed by atoms with E-state index in [9.17, 15) is 18.0 Å². The van der Waals surface area contributed by atoms with Crippen LogP contribution in [-0.2, 0) is 19.8 Å². The van der Waals surface area contributed by atoms with Crippen LogP contribution in [0.4, 0.5) is 0 Å². The molecule has 0 aromatic heterocycles. The molecule has 0 unspecified atom stereocenters. The molecule has 0 bridgehead atoms. The van der Waals surface area contributed by atoms with Gasteiger partial charge in [0.2, 0.25) is 5.91 Å². The molecule has 0 spiro atoms. The van der Waals surface area contributed by atoms with Crippen LogP contribution in [0.25, 0.3) is 0 Å². The van der Waals surface area contributed by atoms with E-state index in [0.29, 0.717) is 12.8 Å². The maximum Gasteiger partial charge on any atom is 0.306 e. The van der Waals surface area contributed by atoms with Gasteiger partial charge in [-0.25, -0.2) is 0 Å². The molecule has 1 amide bonds. The van der Waals surface area contributed by atoms with Crippen molar-refractivity contribution in [1.82, 2.24) is 13.9 Å². The number of rotatable bonds is 5. The fourth-order valence-corrected chi connectivity index (χ4v) is 3.24. The second-order valence-electron chi connectivity index (χ2n) is 4.45. The SMILES string of the molecule is CNC(=O)CN(C)S(=O)(=O)N1CCC(C(=O)O)CC1. The van der Waals surface area contributed by atoms with Gasteiger partial charge in [0.1, 0.15) is 0 Å². The first-order valence-electron chi connectivity index (χ1n) is 5.93. The molecule has 0 aromatic rings. The zero-order chi connectivity index (χ0) is 14.6. The van der Waals surface area contributed by atoms with E-state index in [0.717, 1.165) is 4.31 Å². The standard InChI is InChI=1S/C10H19N3O5S/c1-11-9(14)7-12(2)19(17,18)13-5-3-8(4-6-13)10(15)16/h8H,3-7H2,1-2H3,(H,11,14)(H,15,16). The predicted octanol–water partition coefficient (Wildman–Crippen LogP) is -1.29. The van der Waals surface area contributed by atoms with Crippen LogP contribution in [-0.4, -0.2) is 67.7 Å². The summed E-state index contributed by atoms with van der Waals surface area (Å²) in [6.07, 6.45) is 0.588. The molecule has 9 heteroatoms. The number of aliphatic carboxylic acids is 1. The molecule has 1 fully saturated rings. The number of nitrogens with one attached hydrogen (secondary N) is 1. The monoisotopic (exact) mass is 293 g/mol. The molecule has 1 heterocycles. The van der Waals surface area contributed by atoms with Gasteiger partial charge in [-0.15, -0.1) is 0 Å². The van der Waals surface area contributed by atoms with Crippen molar-refractivity contribution in [2.45, 2.75) is 12.8 Å². The Morgan fingerprint density at radius 1 is 1.37 bits per heavy atom. The number of carbonyl (C=O) groups is 2. The fourth-order valence-electron chi connectivity index (χ4n) is 1.89. The van der Waals surface area contributed by atoms with E-state index in [1.165, 1.54) is 18.4 Å². The van der Waals surface area contributed by atoms with E-state index >= 15 is 0 Å². The zero-order valence-corrected chi connectivity index (χ0v) is 11.8. The number of likely N-dealkylation sites (N-methyl/N-ethyl adjacent to an activating group) is 2. The van der Waals surface area contributed by atoms with Gasteiger partial charge in [-0.3, -0.25) is 9.59 Å². The molecule has 2 N–H and O–H groups in total. The minimum Gasteiger partial charge on any atom is -0.481 e. The summed E-state index contributed by atoms with van der Waals surface area (Å²) in [6.45, 7) is 0.0759. The third-order valence-corrected chi connectivity index (χ3v) is 5.10. The highest BCUT2D eigenvalue weighted by atomic mass is 32.2. The predicted molar refractivity (Wildman–Crippen MR) is 67.5 cm³/mol. The van der Waals surface area contributed by atoms with Crippen LogP contribution in [0.1, 0.15) is 12.8 Å². The Hall–Kier alpha value is -1.19. The van der Waals surface area contributed by atoms with E-state index in [2.05, 4.69) is 5.32 Å². The molecule has 0 aromatic carbocycles. The van der Waals surface area contributed by atoms with E-state index < -0.39 is 28.0 Å². The molecule has 0 saturated carbocycles. The normalized spacial score (nSPS) is 18.5. The molecule has 19 heavy (non-hydrogen) atoms. The van der Waals surface area contributed by atoms with E-state index in [-0.39, 0.29) is 19.6 Å². The Morgan fingerprint density at radius 3 is 2.32 bits per heavy atom. The molecular weight excluding hydrogens is 274 g/mol. The number of carboxylic acid groups (broad SMARTS) is 1. The lowest BCUT2D eigenvalue weighted by Gasteiger charge is -2.32. The Balaban J connectivity index is 2.64. The Labute approximate surface area is 112 Å². The number of amides is 1. The molecule has 110 valence electrons. The van der Waals surface area contributed by atoms with Gasteiger partial charge < -0.3 is 10.4 Å². The summed E-state index contributed by atoms with van der Waals surface area (Å²) in [5, 5.41) is 11.2. The van der Waals surface area contributed by atoms with Gasteiger partial charge in [0, 0.05) is 27.2 Å². The molecule has 0 atom stereocenters. The van der Waals surface area contributed by atoms with Gasteiger partial charge in [0.15, 0.2) is 0 Å². The fraction of sp³-hybridized carbons (Fsp3) is 0.800. The van der Waals surface area contributed by atoms with Crippen molar-refractivity contribution in [3.05, 3.63) is 0 Å². The van der Waals surface area contributed by atoms with Crippen LogP contribution in [0.2, 0.25) is 0 Å². The minimum absolute atomic E-state index is 0.164. The third-order valence-electron chi connectivity index (χ3n) is 3.17. The van der Waals surface area contributed by atoms with Gasteiger partial charge in [0.25, 0.3) is 10.2 Å². The van der Waals surface area contributed by atoms with Gasteiger partial charge in [0.05, 0.1) is 12.5 Å². The van der Waals surface area contributed by atoms with Gasteiger partial charge in [-0.05, 0) is 12.8 Å². The van der Waals surface area contributed by atoms with Crippen LogP contribution in [0, 0.1) is 5.92 Å². The highest BCUT2D eigenvalue weighted by molar-refractivity contribution is 7.86. The Bertz CT molecular complexity index is 442. The smallest absolute Gasteiger partial charge is 0.306 e. The second kappa shape index (κ2) is 6.31. The first kappa shape index (κ1) is 15.9. The number of hydrogen-bond donors (Lipinski definition) is 2. The van der Waals surface area contributed by atoms with Crippen molar-refractivity contribution in [3.63, 3.8) is 0 Å². The molecule has 8 nitrogen and oxygen atoms in total. The lowest BCUT2D eigenvalue weighted by molar-refractivity contribution is -0.142. The first-order valence-corrected chi connectivity index (χ1v) is 7.33. The average Bonchev–Trinajstić information content (AvgIpc) is 2.38. The van der Waals surface area contributed by atoms with E-state index in [1.54, 1.807) is 0 Å². The largest absolute Gasteiger partial charge is 0.481 e. The molecule has 0 aliphatic carbocycles. The molecular formula is C10H19N3O5S. The van der Waals surface area contributed by atoms with Crippen molar-refractivity contribution in [1.29, 1.82) is 0 Å². The van der Waals surface area contributed by atoms with Crippen LogP contribution in [0.3, 0.4) is 0 Å². The number of hydrogen-bond acceptors (Lipinski definition) is 4. The number of nitrogens with zero attached hydrogens (tertiary/aromatic N) is 2. The van der Waals surface area contributed by atoms with Crippen LogP contribution in [0.5, 0.6) is 0 Å². The van der Waals surface area contributed by atoms with E-state index in [4.69, 9.17) is 5.11 Å². The number of piperidine rings is 1. The summed E-state index contributed by atoms with van der Waals surface area (Å²) in [5.74, 6) is -1.78. The molecule has 1 rings (SSSR count). The molecule has 1 aliphatic rings. The molecule has 1 saturated heterocycles. The van der Waals surface area contributed by atoms with Crippen molar-refractivity contribution >= 4 is 22.1 Å². The third kappa shape index (κ3) is 3.88. The van der Waals surface area contributed by atoms with Crippen molar-refractivity contribution < 1.29 is 23.1 Å². The van der Waals surface area contributed by atoms with Crippen LogP contribution >= 0.6 is 0 Å². The summed E-state index contributed by atoms with van der Waals surface area (Å²) >= 11 is 0. The molecule has 0 radical (unpaired) electrons. The van der Waals surface area contributed by atoms with Crippen molar-refractivity contribution in [3.8, 4) is 0 Å². The Kier molecular flexibility index (Phi) is 5.27. The first-order chi connectivity index (χ1) is 8.78. The van der Waals surface area contributed by atoms with Crippen LogP contribution in [0.15, 0.2) is 0 Å². The Morgan fingerprint density at radius 2 is 1.89 bits per heavy atom. The second-order valence-corrected chi connectivity index (χ2v) is 6.48. The maximum absolute atomic E-state index is 12.1.